The Balaban J connectivity index is 2.70. The highest BCUT2D eigenvalue weighted by Gasteiger charge is 2.10. The van der Waals surface area contributed by atoms with E-state index in [1.165, 1.54) is 25.7 Å². The lowest BCUT2D eigenvalue weighted by molar-refractivity contribution is 0.254. The van der Waals surface area contributed by atoms with Crippen molar-refractivity contribution >= 4 is 17.4 Å². The van der Waals surface area contributed by atoms with E-state index in [1.807, 2.05) is 12.1 Å². The van der Waals surface area contributed by atoms with Crippen molar-refractivity contribution in [2.75, 3.05) is 25.0 Å². The van der Waals surface area contributed by atoms with E-state index in [1.54, 1.807) is 0 Å². The van der Waals surface area contributed by atoms with E-state index in [-0.39, 0.29) is 0 Å². The third-order valence-electron chi connectivity index (χ3n) is 3.50. The Bertz CT molecular complexity index is 388. The van der Waals surface area contributed by atoms with Crippen LogP contribution in [0.25, 0.3) is 0 Å². The first-order chi connectivity index (χ1) is 10.2. The SMILES string of the molecule is CCCCN(CCCC)Cc1nc(NCCC)ccc1Cl. The van der Waals surface area contributed by atoms with Gasteiger partial charge in [0.05, 0.1) is 10.7 Å². The lowest BCUT2D eigenvalue weighted by Crippen LogP contribution is -2.26. The molecule has 0 aliphatic rings. The second-order valence-electron chi connectivity index (χ2n) is 5.54. The van der Waals surface area contributed by atoms with Gasteiger partial charge in [-0.2, -0.15) is 0 Å². The highest BCUT2D eigenvalue weighted by atomic mass is 35.5. The van der Waals surface area contributed by atoms with Gasteiger partial charge in [-0.25, -0.2) is 4.98 Å². The molecule has 4 heteroatoms. The Kier molecular flexibility index (Phi) is 9.44. The predicted octanol–water partition coefficient (Wildman–Crippen LogP) is 4.96. The van der Waals surface area contributed by atoms with Crippen LogP contribution in [0.15, 0.2) is 12.1 Å². The molecule has 21 heavy (non-hydrogen) atoms. The molecule has 3 nitrogen and oxygen atoms in total. The average molecular weight is 312 g/mol. The van der Waals surface area contributed by atoms with Crippen molar-refractivity contribution in [1.82, 2.24) is 9.88 Å². The Hall–Kier alpha value is -0.800. The van der Waals surface area contributed by atoms with Crippen LogP contribution in [0.5, 0.6) is 0 Å². The molecule has 1 rings (SSSR count). The van der Waals surface area contributed by atoms with Crippen LogP contribution in [-0.4, -0.2) is 29.5 Å². The molecule has 1 heterocycles. The van der Waals surface area contributed by atoms with Gasteiger partial charge in [0.25, 0.3) is 0 Å². The maximum absolute atomic E-state index is 6.33. The summed E-state index contributed by atoms with van der Waals surface area (Å²) in [4.78, 5) is 7.16. The molecule has 1 N–H and O–H groups in total. The van der Waals surface area contributed by atoms with Crippen molar-refractivity contribution in [2.45, 2.75) is 59.4 Å². The van der Waals surface area contributed by atoms with Crippen LogP contribution >= 0.6 is 11.6 Å². The summed E-state index contributed by atoms with van der Waals surface area (Å²) in [6.45, 7) is 10.7. The number of halogens is 1. The molecule has 0 atom stereocenters. The molecule has 0 radical (unpaired) electrons. The maximum Gasteiger partial charge on any atom is 0.126 e. The van der Waals surface area contributed by atoms with Gasteiger partial charge in [-0.1, -0.05) is 45.2 Å². The maximum atomic E-state index is 6.33. The van der Waals surface area contributed by atoms with Gasteiger partial charge >= 0.3 is 0 Å². The molecule has 0 saturated carbocycles. The topological polar surface area (TPSA) is 28.2 Å². The summed E-state index contributed by atoms with van der Waals surface area (Å²) in [6, 6.07) is 3.92. The van der Waals surface area contributed by atoms with Gasteiger partial charge in [0.2, 0.25) is 0 Å². The summed E-state index contributed by atoms with van der Waals surface area (Å²) in [7, 11) is 0. The lowest BCUT2D eigenvalue weighted by atomic mass is 10.2. The molecule has 0 amide bonds. The Morgan fingerprint density at radius 2 is 1.71 bits per heavy atom. The van der Waals surface area contributed by atoms with Crippen LogP contribution in [0.2, 0.25) is 5.02 Å². The minimum atomic E-state index is 0.773. The summed E-state index contributed by atoms with van der Waals surface area (Å²) >= 11 is 6.33. The van der Waals surface area contributed by atoms with Crippen molar-refractivity contribution in [1.29, 1.82) is 0 Å². The third-order valence-corrected chi connectivity index (χ3v) is 3.85. The van der Waals surface area contributed by atoms with Crippen LogP contribution in [-0.2, 0) is 6.54 Å². The molecule has 0 aromatic carbocycles. The van der Waals surface area contributed by atoms with Gasteiger partial charge in [0.1, 0.15) is 5.82 Å². The summed E-state index contributed by atoms with van der Waals surface area (Å²) < 4.78 is 0. The van der Waals surface area contributed by atoms with Crippen molar-refractivity contribution in [3.63, 3.8) is 0 Å². The molecule has 1 aromatic rings. The second-order valence-corrected chi connectivity index (χ2v) is 5.94. The molecule has 120 valence electrons. The van der Waals surface area contributed by atoms with Crippen molar-refractivity contribution in [3.05, 3.63) is 22.8 Å². The zero-order chi connectivity index (χ0) is 15.5. The summed E-state index contributed by atoms with van der Waals surface area (Å²) in [5.41, 5.74) is 0.991. The average Bonchev–Trinajstić information content (AvgIpc) is 2.50. The van der Waals surface area contributed by atoms with E-state index in [9.17, 15) is 0 Å². The normalized spacial score (nSPS) is 11.1. The Morgan fingerprint density at radius 3 is 2.29 bits per heavy atom. The molecule has 0 fully saturated rings. The van der Waals surface area contributed by atoms with Crippen molar-refractivity contribution < 1.29 is 0 Å². The smallest absolute Gasteiger partial charge is 0.126 e. The van der Waals surface area contributed by atoms with Gasteiger partial charge in [0.15, 0.2) is 0 Å². The van der Waals surface area contributed by atoms with Crippen LogP contribution in [0.1, 0.15) is 58.6 Å². The minimum absolute atomic E-state index is 0.773. The third kappa shape index (κ3) is 7.14. The monoisotopic (exact) mass is 311 g/mol. The van der Waals surface area contributed by atoms with E-state index in [0.29, 0.717) is 0 Å². The highest BCUT2D eigenvalue weighted by Crippen LogP contribution is 2.19. The molecule has 0 unspecified atom stereocenters. The number of unbranched alkanes of at least 4 members (excludes halogenated alkanes) is 2. The molecule has 0 aliphatic carbocycles. The van der Waals surface area contributed by atoms with Gasteiger partial charge in [0, 0.05) is 13.1 Å². The number of pyridine rings is 1. The number of nitrogens with zero attached hydrogens (tertiary/aromatic N) is 2. The van der Waals surface area contributed by atoms with Gasteiger partial charge < -0.3 is 5.32 Å². The molecule has 1 aromatic heterocycles. The zero-order valence-corrected chi connectivity index (χ0v) is 14.5. The number of hydrogen-bond donors (Lipinski definition) is 1. The minimum Gasteiger partial charge on any atom is -0.370 e. The van der Waals surface area contributed by atoms with Crippen LogP contribution in [0.3, 0.4) is 0 Å². The first kappa shape index (κ1) is 18.2. The fraction of sp³-hybridized carbons (Fsp3) is 0.706. The van der Waals surface area contributed by atoms with Gasteiger partial charge in [-0.05, 0) is 44.5 Å². The molecule has 0 bridgehead atoms. The second kappa shape index (κ2) is 10.9. The van der Waals surface area contributed by atoms with E-state index < -0.39 is 0 Å². The number of nitrogens with one attached hydrogen (secondary N) is 1. The summed E-state index contributed by atoms with van der Waals surface area (Å²) in [6.07, 6.45) is 6.01. The standard InChI is InChI=1S/C17H30ClN3/c1-4-7-12-21(13-8-5-2)14-16-15(18)9-10-17(20-16)19-11-6-3/h9-10H,4-8,11-14H2,1-3H3,(H,19,20). The quantitative estimate of drug-likeness (QED) is 0.626. The first-order valence-corrected chi connectivity index (χ1v) is 8.70. The summed E-state index contributed by atoms with van der Waals surface area (Å²) in [5.74, 6) is 0.933. The predicted molar refractivity (Wildman–Crippen MR) is 93.1 cm³/mol. The zero-order valence-electron chi connectivity index (χ0n) is 13.8. The fourth-order valence-corrected chi connectivity index (χ4v) is 2.36. The molecule has 0 spiro atoms. The van der Waals surface area contributed by atoms with Gasteiger partial charge in [-0.3, -0.25) is 4.90 Å². The van der Waals surface area contributed by atoms with E-state index in [4.69, 9.17) is 11.6 Å². The molecular weight excluding hydrogens is 282 g/mol. The Labute approximate surface area is 135 Å². The summed E-state index contributed by atoms with van der Waals surface area (Å²) in [5, 5.41) is 4.11. The van der Waals surface area contributed by atoms with Gasteiger partial charge in [-0.15, -0.1) is 0 Å². The lowest BCUT2D eigenvalue weighted by Gasteiger charge is -2.22. The molecular formula is C17H30ClN3. The van der Waals surface area contributed by atoms with Crippen LogP contribution < -0.4 is 5.32 Å². The van der Waals surface area contributed by atoms with E-state index in [2.05, 4.69) is 36.0 Å². The Morgan fingerprint density at radius 1 is 1.05 bits per heavy atom. The fourth-order valence-electron chi connectivity index (χ4n) is 2.19. The molecule has 0 aliphatic heterocycles. The number of hydrogen-bond acceptors (Lipinski definition) is 3. The van der Waals surface area contributed by atoms with Crippen LogP contribution in [0.4, 0.5) is 5.82 Å². The van der Waals surface area contributed by atoms with E-state index in [0.717, 1.165) is 49.1 Å². The largest absolute Gasteiger partial charge is 0.370 e. The number of anilines is 1. The van der Waals surface area contributed by atoms with Crippen molar-refractivity contribution in [2.24, 2.45) is 0 Å². The van der Waals surface area contributed by atoms with E-state index >= 15 is 0 Å². The molecule has 0 saturated heterocycles. The highest BCUT2D eigenvalue weighted by molar-refractivity contribution is 6.31. The first-order valence-electron chi connectivity index (χ1n) is 8.32. The van der Waals surface area contributed by atoms with Crippen molar-refractivity contribution in [3.8, 4) is 0 Å². The van der Waals surface area contributed by atoms with Crippen LogP contribution in [0, 0.1) is 0 Å². The number of aromatic nitrogens is 1. The number of rotatable bonds is 11.